The summed E-state index contributed by atoms with van der Waals surface area (Å²) in [5.74, 6) is -0.0694. The first-order chi connectivity index (χ1) is 14.0. The molecular formula is C21H20FN4O2S. The second kappa shape index (κ2) is 7.87. The van der Waals surface area contributed by atoms with E-state index in [1.54, 1.807) is 6.20 Å². The number of aryl methyl sites for hydroxylation is 1. The van der Waals surface area contributed by atoms with Crippen LogP contribution in [0, 0.1) is 19.2 Å². The summed E-state index contributed by atoms with van der Waals surface area (Å²) < 4.78 is 25.4. The Kier molecular flexibility index (Phi) is 5.27. The van der Waals surface area contributed by atoms with E-state index in [1.165, 1.54) is 17.4 Å². The fourth-order valence-corrected chi connectivity index (χ4v) is 3.83. The monoisotopic (exact) mass is 411 g/mol. The smallest absolute Gasteiger partial charge is 0.252 e. The van der Waals surface area contributed by atoms with Crippen molar-refractivity contribution in [1.29, 1.82) is 0 Å². The molecule has 0 aliphatic heterocycles. The molecule has 0 saturated heterocycles. The van der Waals surface area contributed by atoms with Crippen molar-refractivity contribution in [3.8, 4) is 22.3 Å². The van der Waals surface area contributed by atoms with Gasteiger partial charge in [-0.25, -0.2) is 19.3 Å². The number of halogens is 1. The normalized spacial score (nSPS) is 12.4. The number of benzene rings is 1. The Morgan fingerprint density at radius 3 is 2.76 bits per heavy atom. The summed E-state index contributed by atoms with van der Waals surface area (Å²) >= 11 is 1.37. The Morgan fingerprint density at radius 2 is 2.00 bits per heavy atom. The van der Waals surface area contributed by atoms with Gasteiger partial charge in [0.1, 0.15) is 21.5 Å². The van der Waals surface area contributed by atoms with Gasteiger partial charge in [-0.2, -0.15) is 4.98 Å². The zero-order valence-corrected chi connectivity index (χ0v) is 17.4. The minimum Gasteiger partial charge on any atom is -0.477 e. The van der Waals surface area contributed by atoms with Crippen molar-refractivity contribution in [3.05, 3.63) is 42.2 Å². The molecule has 0 spiro atoms. The van der Waals surface area contributed by atoms with E-state index >= 15 is 0 Å². The summed E-state index contributed by atoms with van der Waals surface area (Å²) in [6.45, 7) is 8.09. The van der Waals surface area contributed by atoms with Crippen molar-refractivity contribution in [1.82, 2.24) is 19.9 Å². The Bertz CT molecular complexity index is 1190. The van der Waals surface area contributed by atoms with Gasteiger partial charge < -0.3 is 9.47 Å². The molecule has 6 nitrogen and oxygen atoms in total. The Hall–Kier alpha value is -2.87. The molecule has 0 bridgehead atoms. The van der Waals surface area contributed by atoms with Crippen LogP contribution >= 0.6 is 11.3 Å². The maximum Gasteiger partial charge on any atom is 0.252 e. The summed E-state index contributed by atoms with van der Waals surface area (Å²) in [4.78, 5) is 18.6. The fraction of sp³-hybridized carbons (Fsp3) is 0.286. The molecule has 3 heterocycles. The lowest BCUT2D eigenvalue weighted by molar-refractivity contribution is 0.232. The predicted molar refractivity (Wildman–Crippen MR) is 112 cm³/mol. The van der Waals surface area contributed by atoms with Crippen molar-refractivity contribution in [2.45, 2.75) is 33.8 Å². The molecule has 1 atom stereocenters. The van der Waals surface area contributed by atoms with Gasteiger partial charge in [0.05, 0.1) is 23.8 Å². The molecule has 0 saturated carbocycles. The summed E-state index contributed by atoms with van der Waals surface area (Å²) in [7, 11) is 0. The van der Waals surface area contributed by atoms with Crippen LogP contribution in [0.15, 0.2) is 24.4 Å². The van der Waals surface area contributed by atoms with Gasteiger partial charge in [-0.05, 0) is 44.9 Å². The lowest BCUT2D eigenvalue weighted by atomic mass is 10.1. The van der Waals surface area contributed by atoms with Crippen molar-refractivity contribution in [2.24, 2.45) is 0 Å². The van der Waals surface area contributed by atoms with Crippen molar-refractivity contribution >= 4 is 32.7 Å². The van der Waals surface area contributed by atoms with Gasteiger partial charge in [0.25, 0.3) is 5.88 Å². The van der Waals surface area contributed by atoms with Crippen molar-refractivity contribution in [2.75, 3.05) is 6.61 Å². The van der Waals surface area contributed by atoms with Gasteiger partial charge in [0.2, 0.25) is 5.88 Å². The standard InChI is InChI=1S/C21H20FN4O2S/c1-5-12(4)28-19-14(22)9-16-21(26-19)29-20(25-16)13-7-11(3)8-15-18(13)23-10-17(24-15)27-6-2/h5,7-10,12H,6H2,1-4H3/t12-/m0/s1. The van der Waals surface area contributed by atoms with Gasteiger partial charge in [-0.1, -0.05) is 18.3 Å². The summed E-state index contributed by atoms with van der Waals surface area (Å²) in [6.07, 6.45) is 3.19. The molecule has 8 heteroatoms. The van der Waals surface area contributed by atoms with Crippen LogP contribution in [-0.4, -0.2) is 32.6 Å². The summed E-state index contributed by atoms with van der Waals surface area (Å²) in [5.41, 5.74) is 3.77. The molecule has 4 aromatic rings. The summed E-state index contributed by atoms with van der Waals surface area (Å²) in [6, 6.07) is 5.31. The minimum absolute atomic E-state index is 0.0199. The Morgan fingerprint density at radius 1 is 1.17 bits per heavy atom. The quantitative estimate of drug-likeness (QED) is 0.438. The van der Waals surface area contributed by atoms with Gasteiger partial charge in [-0.3, -0.25) is 0 Å². The molecule has 29 heavy (non-hydrogen) atoms. The molecule has 0 amide bonds. The topological polar surface area (TPSA) is 70.0 Å². The second-order valence-electron chi connectivity index (χ2n) is 6.60. The van der Waals surface area contributed by atoms with Crippen LogP contribution in [0.2, 0.25) is 0 Å². The maximum absolute atomic E-state index is 14.4. The molecular weight excluding hydrogens is 391 g/mol. The van der Waals surface area contributed by atoms with E-state index < -0.39 is 5.82 Å². The van der Waals surface area contributed by atoms with E-state index in [0.717, 1.165) is 16.6 Å². The van der Waals surface area contributed by atoms with Crippen molar-refractivity contribution < 1.29 is 13.9 Å². The number of nitrogens with zero attached hydrogens (tertiary/aromatic N) is 4. The lowest BCUT2D eigenvalue weighted by Gasteiger charge is -2.11. The predicted octanol–water partition coefficient (Wildman–Crippen LogP) is 5.14. The molecule has 3 aromatic heterocycles. The number of rotatable bonds is 6. The SMILES string of the molecule is C[CH][C@H](C)Oc1nc2sc(-c3cc(C)cc4nc(OCC)cnc34)nc2cc1F. The van der Waals surface area contributed by atoms with Gasteiger partial charge in [0.15, 0.2) is 5.82 Å². The molecule has 0 N–H and O–H groups in total. The van der Waals surface area contributed by atoms with Gasteiger partial charge in [0, 0.05) is 11.6 Å². The Balaban J connectivity index is 1.82. The maximum atomic E-state index is 14.4. The molecule has 149 valence electrons. The van der Waals surface area contributed by atoms with Crippen LogP contribution in [-0.2, 0) is 0 Å². The number of hydrogen-bond acceptors (Lipinski definition) is 7. The zero-order valence-electron chi connectivity index (χ0n) is 16.6. The molecule has 0 aliphatic carbocycles. The highest BCUT2D eigenvalue weighted by molar-refractivity contribution is 7.21. The van der Waals surface area contributed by atoms with E-state index in [0.29, 0.717) is 33.4 Å². The molecule has 0 unspecified atom stereocenters. The second-order valence-corrected chi connectivity index (χ2v) is 7.57. The fourth-order valence-electron chi connectivity index (χ4n) is 2.90. The lowest BCUT2D eigenvalue weighted by Crippen LogP contribution is -2.12. The van der Waals surface area contributed by atoms with E-state index in [-0.39, 0.29) is 12.0 Å². The zero-order chi connectivity index (χ0) is 20.5. The van der Waals surface area contributed by atoms with Crippen LogP contribution in [0.1, 0.15) is 26.3 Å². The van der Waals surface area contributed by atoms with Crippen LogP contribution < -0.4 is 9.47 Å². The molecule has 1 radical (unpaired) electrons. The number of thiazole rings is 1. The van der Waals surface area contributed by atoms with Crippen LogP contribution in [0.4, 0.5) is 4.39 Å². The molecule has 0 aliphatic rings. The molecule has 0 fully saturated rings. The van der Waals surface area contributed by atoms with Crippen LogP contribution in [0.3, 0.4) is 0 Å². The average Bonchev–Trinajstić information content (AvgIpc) is 3.10. The van der Waals surface area contributed by atoms with Crippen LogP contribution in [0.5, 0.6) is 11.8 Å². The first-order valence-corrected chi connectivity index (χ1v) is 10.1. The summed E-state index contributed by atoms with van der Waals surface area (Å²) in [5, 5.41) is 0.700. The van der Waals surface area contributed by atoms with Gasteiger partial charge >= 0.3 is 0 Å². The Labute approximate surface area is 171 Å². The molecule has 4 rings (SSSR count). The number of aromatic nitrogens is 4. The highest BCUT2D eigenvalue weighted by Gasteiger charge is 2.17. The number of pyridine rings is 1. The van der Waals surface area contributed by atoms with E-state index in [4.69, 9.17) is 9.47 Å². The third-order valence-electron chi connectivity index (χ3n) is 4.36. The third-order valence-corrected chi connectivity index (χ3v) is 5.36. The van der Waals surface area contributed by atoms with E-state index in [2.05, 4.69) is 19.9 Å². The first kappa shape index (κ1) is 19.4. The van der Waals surface area contributed by atoms with Crippen molar-refractivity contribution in [3.63, 3.8) is 0 Å². The molecule has 1 aromatic carbocycles. The average molecular weight is 411 g/mol. The van der Waals surface area contributed by atoms with Gasteiger partial charge in [-0.15, -0.1) is 0 Å². The first-order valence-electron chi connectivity index (χ1n) is 9.32. The largest absolute Gasteiger partial charge is 0.477 e. The highest BCUT2D eigenvalue weighted by atomic mass is 32.1. The van der Waals surface area contributed by atoms with E-state index in [1.807, 2.05) is 46.2 Å². The minimum atomic E-state index is -0.529. The number of ether oxygens (including phenoxy) is 2. The third kappa shape index (κ3) is 3.85. The van der Waals surface area contributed by atoms with E-state index in [9.17, 15) is 4.39 Å². The van der Waals surface area contributed by atoms with Crippen LogP contribution in [0.25, 0.3) is 32.0 Å². The number of hydrogen-bond donors (Lipinski definition) is 0. The number of fused-ring (bicyclic) bond motifs is 2. The highest BCUT2D eigenvalue weighted by Crippen LogP contribution is 2.35.